The van der Waals surface area contributed by atoms with Gasteiger partial charge < -0.3 is 16.3 Å². The van der Waals surface area contributed by atoms with E-state index in [-0.39, 0.29) is 5.84 Å². The van der Waals surface area contributed by atoms with Crippen molar-refractivity contribution in [3.63, 3.8) is 0 Å². The van der Waals surface area contributed by atoms with Crippen LogP contribution in [0.2, 0.25) is 0 Å². The van der Waals surface area contributed by atoms with E-state index in [1.807, 2.05) is 0 Å². The Morgan fingerprint density at radius 1 is 1.36 bits per heavy atom. The molecule has 82 valence electrons. The average molecular weight is 199 g/mol. The summed E-state index contributed by atoms with van der Waals surface area (Å²) in [6, 6.07) is 0. The molecule has 0 saturated heterocycles. The topological polar surface area (TPSA) is 70.6 Å². The second-order valence-corrected chi connectivity index (χ2v) is 5.22. The lowest BCUT2D eigenvalue weighted by atomic mass is 10.0. The molecule has 0 aromatic carbocycles. The third kappa shape index (κ3) is 1.71. The van der Waals surface area contributed by atoms with Crippen molar-refractivity contribution < 1.29 is 5.21 Å². The Kier molecular flexibility index (Phi) is 2.76. The number of rotatable bonds is 4. The summed E-state index contributed by atoms with van der Waals surface area (Å²) in [5, 5.41) is 14.4. The van der Waals surface area contributed by atoms with E-state index >= 15 is 0 Å². The molecule has 0 aliphatic heterocycles. The average Bonchev–Trinajstić information content (AvgIpc) is 2.47. The normalized spacial score (nSPS) is 25.0. The van der Waals surface area contributed by atoms with E-state index in [1.165, 1.54) is 0 Å². The highest BCUT2D eigenvalue weighted by Gasteiger charge is 2.63. The van der Waals surface area contributed by atoms with Crippen molar-refractivity contribution >= 4 is 5.84 Å². The molecule has 0 radical (unpaired) electrons. The smallest absolute Gasteiger partial charge is 0.153 e. The van der Waals surface area contributed by atoms with E-state index in [4.69, 9.17) is 10.9 Å². The van der Waals surface area contributed by atoms with Crippen LogP contribution in [-0.4, -0.2) is 24.1 Å². The van der Waals surface area contributed by atoms with Gasteiger partial charge in [0.05, 0.1) is 6.54 Å². The Bertz CT molecular complexity index is 232. The minimum Gasteiger partial charge on any atom is -0.409 e. The standard InChI is InChI=1S/C10H21N3O/c1-9(2)7(10(9,3)4)5-12-6-8(11)13-14/h7,12,14H,5-6H2,1-4H3,(H2,11,13). The fraction of sp³-hybridized carbons (Fsp3) is 0.900. The van der Waals surface area contributed by atoms with Crippen LogP contribution in [0, 0.1) is 16.7 Å². The van der Waals surface area contributed by atoms with Crippen LogP contribution in [0.15, 0.2) is 5.16 Å². The van der Waals surface area contributed by atoms with E-state index in [2.05, 4.69) is 38.2 Å². The third-order valence-electron chi connectivity index (χ3n) is 4.10. The molecule has 0 bridgehead atoms. The van der Waals surface area contributed by atoms with Gasteiger partial charge in [0.15, 0.2) is 5.84 Å². The van der Waals surface area contributed by atoms with Gasteiger partial charge >= 0.3 is 0 Å². The van der Waals surface area contributed by atoms with E-state index in [9.17, 15) is 0 Å². The van der Waals surface area contributed by atoms with Gasteiger partial charge in [-0.2, -0.15) is 0 Å². The Labute approximate surface area is 85.6 Å². The minimum atomic E-state index is 0.237. The maximum absolute atomic E-state index is 8.34. The van der Waals surface area contributed by atoms with Gasteiger partial charge in [-0.15, -0.1) is 0 Å². The molecule has 1 aliphatic rings. The molecule has 0 spiro atoms. The quantitative estimate of drug-likeness (QED) is 0.274. The number of hydrogen-bond acceptors (Lipinski definition) is 3. The van der Waals surface area contributed by atoms with Crippen LogP contribution in [0.3, 0.4) is 0 Å². The highest BCUT2D eigenvalue weighted by molar-refractivity contribution is 5.81. The Morgan fingerprint density at radius 3 is 2.21 bits per heavy atom. The molecule has 1 saturated carbocycles. The van der Waals surface area contributed by atoms with Crippen molar-refractivity contribution in [3.8, 4) is 0 Å². The maximum Gasteiger partial charge on any atom is 0.153 e. The van der Waals surface area contributed by atoms with Gasteiger partial charge in [0.25, 0.3) is 0 Å². The van der Waals surface area contributed by atoms with E-state index < -0.39 is 0 Å². The molecule has 0 aromatic heterocycles. The fourth-order valence-corrected chi connectivity index (χ4v) is 2.22. The molecule has 14 heavy (non-hydrogen) atoms. The van der Waals surface area contributed by atoms with Crippen LogP contribution in [-0.2, 0) is 0 Å². The molecule has 1 fully saturated rings. The highest BCUT2D eigenvalue weighted by atomic mass is 16.4. The molecule has 0 aromatic rings. The van der Waals surface area contributed by atoms with E-state index in [0.717, 1.165) is 6.54 Å². The van der Waals surface area contributed by atoms with Gasteiger partial charge in [0, 0.05) is 0 Å². The van der Waals surface area contributed by atoms with Crippen LogP contribution in [0.5, 0.6) is 0 Å². The zero-order valence-electron chi connectivity index (χ0n) is 9.46. The number of oxime groups is 1. The first kappa shape index (κ1) is 11.3. The first-order valence-electron chi connectivity index (χ1n) is 5.01. The van der Waals surface area contributed by atoms with Crippen LogP contribution < -0.4 is 11.1 Å². The lowest BCUT2D eigenvalue weighted by Crippen LogP contribution is -2.31. The van der Waals surface area contributed by atoms with Crippen LogP contribution in [0.1, 0.15) is 27.7 Å². The van der Waals surface area contributed by atoms with Crippen molar-refractivity contribution in [3.05, 3.63) is 0 Å². The SMILES string of the molecule is CC1(C)C(CNCC(N)=NO)C1(C)C. The molecule has 4 heteroatoms. The lowest BCUT2D eigenvalue weighted by Gasteiger charge is -2.04. The molecule has 0 unspecified atom stereocenters. The molecule has 0 amide bonds. The molecule has 1 aliphatic carbocycles. The van der Waals surface area contributed by atoms with Gasteiger partial charge in [-0.1, -0.05) is 32.9 Å². The van der Waals surface area contributed by atoms with Gasteiger partial charge in [-0.3, -0.25) is 0 Å². The lowest BCUT2D eigenvalue weighted by molar-refractivity contribution is 0.317. The fourth-order valence-electron chi connectivity index (χ4n) is 2.22. The zero-order valence-corrected chi connectivity index (χ0v) is 9.46. The third-order valence-corrected chi connectivity index (χ3v) is 4.10. The van der Waals surface area contributed by atoms with Crippen molar-refractivity contribution in [2.24, 2.45) is 27.6 Å². The number of amidine groups is 1. The van der Waals surface area contributed by atoms with Crippen LogP contribution >= 0.6 is 0 Å². The highest BCUT2D eigenvalue weighted by Crippen LogP contribution is 2.67. The summed E-state index contributed by atoms with van der Waals surface area (Å²) < 4.78 is 0. The largest absolute Gasteiger partial charge is 0.409 e. The summed E-state index contributed by atoms with van der Waals surface area (Å²) in [6.07, 6.45) is 0. The molecule has 4 N–H and O–H groups in total. The number of nitrogens with zero attached hydrogens (tertiary/aromatic N) is 1. The zero-order chi connectivity index (χ0) is 11.0. The summed E-state index contributed by atoms with van der Waals surface area (Å²) in [4.78, 5) is 0. The second kappa shape index (κ2) is 3.42. The molecule has 4 nitrogen and oxygen atoms in total. The predicted molar refractivity (Wildman–Crippen MR) is 57.3 cm³/mol. The van der Waals surface area contributed by atoms with Gasteiger partial charge in [0.2, 0.25) is 0 Å². The van der Waals surface area contributed by atoms with Crippen molar-refractivity contribution in [2.75, 3.05) is 13.1 Å². The summed E-state index contributed by atoms with van der Waals surface area (Å²) in [7, 11) is 0. The first-order valence-corrected chi connectivity index (χ1v) is 5.01. The van der Waals surface area contributed by atoms with Crippen LogP contribution in [0.25, 0.3) is 0 Å². The Balaban J connectivity index is 2.29. The van der Waals surface area contributed by atoms with E-state index in [1.54, 1.807) is 0 Å². The molecular formula is C10H21N3O. The first-order chi connectivity index (χ1) is 6.34. The number of nitrogens with two attached hydrogens (primary N) is 1. The summed E-state index contributed by atoms with van der Waals surface area (Å²) in [5.74, 6) is 0.905. The summed E-state index contributed by atoms with van der Waals surface area (Å²) in [6.45, 7) is 10.5. The second-order valence-electron chi connectivity index (χ2n) is 5.22. The minimum absolute atomic E-state index is 0.237. The Morgan fingerprint density at radius 2 is 1.86 bits per heavy atom. The molecule has 0 heterocycles. The maximum atomic E-state index is 8.34. The number of nitrogens with one attached hydrogen (secondary N) is 1. The van der Waals surface area contributed by atoms with Gasteiger partial charge in [-0.05, 0) is 23.3 Å². The van der Waals surface area contributed by atoms with Gasteiger partial charge in [0.1, 0.15) is 0 Å². The monoisotopic (exact) mass is 199 g/mol. The van der Waals surface area contributed by atoms with Crippen LogP contribution in [0.4, 0.5) is 0 Å². The predicted octanol–water partition coefficient (Wildman–Crippen LogP) is 1.00. The van der Waals surface area contributed by atoms with Crippen molar-refractivity contribution in [2.45, 2.75) is 27.7 Å². The van der Waals surface area contributed by atoms with Crippen molar-refractivity contribution in [1.82, 2.24) is 5.32 Å². The molecule has 1 rings (SSSR count). The van der Waals surface area contributed by atoms with Gasteiger partial charge in [-0.25, -0.2) is 0 Å². The number of hydrogen-bond donors (Lipinski definition) is 3. The van der Waals surface area contributed by atoms with Crippen molar-refractivity contribution in [1.29, 1.82) is 0 Å². The Hall–Kier alpha value is -0.770. The summed E-state index contributed by atoms with van der Waals surface area (Å²) >= 11 is 0. The molecular weight excluding hydrogens is 178 g/mol. The molecule has 0 atom stereocenters. The van der Waals surface area contributed by atoms with E-state index in [0.29, 0.717) is 23.3 Å². The summed E-state index contributed by atoms with van der Waals surface area (Å²) in [5.41, 5.74) is 6.14.